The number of methoxy groups -OCH3 is 1. The SMILES string of the molecule is COC(=O)CCC(=O)OC[C@]1(C)CCC[C@]2(C)c3ccc(C(C)C)cc3[C@H](O)C[C@@H]12. The Labute approximate surface area is 180 Å². The number of hydrogen-bond acceptors (Lipinski definition) is 5. The number of fused-ring (bicyclic) bond motifs is 3. The van der Waals surface area contributed by atoms with Gasteiger partial charge in [-0.05, 0) is 53.2 Å². The molecule has 2 aliphatic carbocycles. The van der Waals surface area contributed by atoms with Crippen LogP contribution in [0.1, 0.15) is 94.9 Å². The van der Waals surface area contributed by atoms with Crippen molar-refractivity contribution >= 4 is 11.9 Å². The van der Waals surface area contributed by atoms with E-state index < -0.39 is 12.1 Å². The quantitative estimate of drug-likeness (QED) is 0.674. The van der Waals surface area contributed by atoms with Gasteiger partial charge < -0.3 is 14.6 Å². The number of hydrogen-bond donors (Lipinski definition) is 1. The zero-order valence-electron chi connectivity index (χ0n) is 19.0. The second-order valence-electron chi connectivity index (χ2n) is 9.97. The van der Waals surface area contributed by atoms with Crippen molar-refractivity contribution in [3.8, 4) is 0 Å². The highest BCUT2D eigenvalue weighted by molar-refractivity contribution is 5.77. The molecule has 1 N–H and O–H groups in total. The monoisotopic (exact) mass is 416 g/mol. The van der Waals surface area contributed by atoms with E-state index in [9.17, 15) is 14.7 Å². The first-order chi connectivity index (χ1) is 14.1. The van der Waals surface area contributed by atoms with Gasteiger partial charge in [0.05, 0.1) is 32.7 Å². The summed E-state index contributed by atoms with van der Waals surface area (Å²) in [7, 11) is 1.31. The fourth-order valence-corrected chi connectivity index (χ4v) is 5.73. The Hall–Kier alpha value is -1.88. The van der Waals surface area contributed by atoms with Gasteiger partial charge in [0.25, 0.3) is 0 Å². The molecule has 0 saturated heterocycles. The lowest BCUT2D eigenvalue weighted by Crippen LogP contribution is -2.51. The third-order valence-corrected chi connectivity index (χ3v) is 7.55. The van der Waals surface area contributed by atoms with Crippen LogP contribution >= 0.6 is 0 Å². The summed E-state index contributed by atoms with van der Waals surface area (Å²) in [5, 5.41) is 11.0. The number of rotatable bonds is 6. The first kappa shape index (κ1) is 22.8. The van der Waals surface area contributed by atoms with Crippen molar-refractivity contribution in [2.45, 2.75) is 83.7 Å². The summed E-state index contributed by atoms with van der Waals surface area (Å²) in [5.74, 6) is -0.128. The molecule has 0 heterocycles. The Morgan fingerprint density at radius 1 is 1.17 bits per heavy atom. The predicted octanol–water partition coefficient (Wildman–Crippen LogP) is 4.81. The molecule has 0 radical (unpaired) electrons. The average Bonchev–Trinajstić information content (AvgIpc) is 2.72. The highest BCUT2D eigenvalue weighted by Gasteiger charge is 2.54. The van der Waals surface area contributed by atoms with Gasteiger partial charge in [-0.15, -0.1) is 0 Å². The molecule has 0 unspecified atom stereocenters. The van der Waals surface area contributed by atoms with Crippen LogP contribution in [0, 0.1) is 11.3 Å². The molecule has 4 atom stereocenters. The van der Waals surface area contributed by atoms with Crippen LogP contribution in [0.3, 0.4) is 0 Å². The molecule has 3 rings (SSSR count). The molecule has 1 aromatic rings. The summed E-state index contributed by atoms with van der Waals surface area (Å²) >= 11 is 0. The van der Waals surface area contributed by atoms with Crippen LogP contribution < -0.4 is 0 Å². The Bertz CT molecular complexity index is 801. The van der Waals surface area contributed by atoms with Gasteiger partial charge in [0.2, 0.25) is 0 Å². The van der Waals surface area contributed by atoms with Crippen molar-refractivity contribution in [1.82, 2.24) is 0 Å². The molecule has 166 valence electrons. The van der Waals surface area contributed by atoms with E-state index in [-0.39, 0.29) is 35.6 Å². The molecule has 30 heavy (non-hydrogen) atoms. The lowest BCUT2D eigenvalue weighted by Gasteiger charge is -2.56. The highest BCUT2D eigenvalue weighted by atomic mass is 16.5. The van der Waals surface area contributed by atoms with Crippen LogP contribution in [0.2, 0.25) is 0 Å². The fourth-order valence-electron chi connectivity index (χ4n) is 5.73. The molecule has 1 fully saturated rings. The number of benzene rings is 1. The largest absolute Gasteiger partial charge is 0.469 e. The van der Waals surface area contributed by atoms with Gasteiger partial charge in [-0.3, -0.25) is 9.59 Å². The Morgan fingerprint density at radius 3 is 2.53 bits per heavy atom. The topological polar surface area (TPSA) is 72.8 Å². The van der Waals surface area contributed by atoms with E-state index in [4.69, 9.17) is 4.74 Å². The summed E-state index contributed by atoms with van der Waals surface area (Å²) in [5.41, 5.74) is 3.32. The second kappa shape index (κ2) is 8.70. The summed E-state index contributed by atoms with van der Waals surface area (Å²) in [6.07, 6.45) is 3.36. The molecule has 0 amide bonds. The van der Waals surface area contributed by atoms with Crippen molar-refractivity contribution in [3.05, 3.63) is 34.9 Å². The van der Waals surface area contributed by atoms with Gasteiger partial charge >= 0.3 is 11.9 Å². The third kappa shape index (κ3) is 4.27. The molecular weight excluding hydrogens is 380 g/mol. The van der Waals surface area contributed by atoms with Gasteiger partial charge in [-0.2, -0.15) is 0 Å². The van der Waals surface area contributed by atoms with Gasteiger partial charge in [0, 0.05) is 5.41 Å². The van der Waals surface area contributed by atoms with Gasteiger partial charge in [0.1, 0.15) is 0 Å². The molecule has 1 aromatic carbocycles. The van der Waals surface area contributed by atoms with Crippen molar-refractivity contribution in [2.24, 2.45) is 11.3 Å². The molecule has 0 aromatic heterocycles. The van der Waals surface area contributed by atoms with Crippen LogP contribution in [0.15, 0.2) is 18.2 Å². The van der Waals surface area contributed by atoms with Crippen molar-refractivity contribution < 1.29 is 24.2 Å². The van der Waals surface area contributed by atoms with E-state index in [1.54, 1.807) is 0 Å². The molecule has 0 aliphatic heterocycles. The standard InChI is InChI=1S/C25H36O5/c1-16(2)17-7-8-19-18(13-17)20(26)14-21-24(3,11-6-12-25(19,21)4)15-30-23(28)10-9-22(27)29-5/h7-8,13,16,20-21,26H,6,9-12,14-15H2,1-5H3/t20-,21+,24+,25-/m1/s1. The van der Waals surface area contributed by atoms with Gasteiger partial charge in [0.15, 0.2) is 0 Å². The molecule has 1 saturated carbocycles. The maximum absolute atomic E-state index is 12.2. The molecule has 2 aliphatic rings. The van der Waals surface area contributed by atoms with Crippen LogP contribution in [-0.4, -0.2) is 30.8 Å². The minimum atomic E-state index is -0.496. The first-order valence-electron chi connectivity index (χ1n) is 11.2. The van der Waals surface area contributed by atoms with Crippen LogP contribution in [0.25, 0.3) is 0 Å². The van der Waals surface area contributed by atoms with E-state index in [2.05, 4.69) is 50.6 Å². The van der Waals surface area contributed by atoms with E-state index in [1.165, 1.54) is 18.2 Å². The number of aliphatic hydroxyl groups excluding tert-OH is 1. The zero-order chi connectivity index (χ0) is 22.1. The molecule has 0 bridgehead atoms. The van der Waals surface area contributed by atoms with Gasteiger partial charge in [-0.1, -0.05) is 52.3 Å². The maximum Gasteiger partial charge on any atom is 0.306 e. The van der Waals surface area contributed by atoms with E-state index in [0.717, 1.165) is 24.8 Å². The number of aliphatic hydroxyl groups is 1. The third-order valence-electron chi connectivity index (χ3n) is 7.55. The average molecular weight is 417 g/mol. The molecule has 5 heteroatoms. The van der Waals surface area contributed by atoms with E-state index in [1.807, 2.05) is 0 Å². The maximum atomic E-state index is 12.2. The number of esters is 2. The molecule has 5 nitrogen and oxygen atoms in total. The van der Waals surface area contributed by atoms with E-state index >= 15 is 0 Å². The van der Waals surface area contributed by atoms with Crippen molar-refractivity contribution in [1.29, 1.82) is 0 Å². The molecule has 0 spiro atoms. The number of ether oxygens (including phenoxy) is 2. The Morgan fingerprint density at radius 2 is 1.87 bits per heavy atom. The smallest absolute Gasteiger partial charge is 0.306 e. The minimum absolute atomic E-state index is 0.0358. The predicted molar refractivity (Wildman–Crippen MR) is 115 cm³/mol. The van der Waals surface area contributed by atoms with Crippen molar-refractivity contribution in [3.63, 3.8) is 0 Å². The lowest BCUT2D eigenvalue weighted by molar-refractivity contribution is -0.154. The summed E-state index contributed by atoms with van der Waals surface area (Å²) in [6.45, 7) is 9.16. The van der Waals surface area contributed by atoms with Crippen LogP contribution in [-0.2, 0) is 24.5 Å². The normalized spacial score (nSPS) is 30.4. The van der Waals surface area contributed by atoms with Crippen LogP contribution in [0.4, 0.5) is 0 Å². The fraction of sp³-hybridized carbons (Fsp3) is 0.680. The minimum Gasteiger partial charge on any atom is -0.469 e. The summed E-state index contributed by atoms with van der Waals surface area (Å²) in [4.78, 5) is 23.4. The van der Waals surface area contributed by atoms with Crippen molar-refractivity contribution in [2.75, 3.05) is 13.7 Å². The van der Waals surface area contributed by atoms with Crippen LogP contribution in [0.5, 0.6) is 0 Å². The highest BCUT2D eigenvalue weighted by Crippen LogP contribution is 2.59. The Kier molecular flexibility index (Phi) is 6.61. The zero-order valence-corrected chi connectivity index (χ0v) is 19.0. The Balaban J connectivity index is 1.80. The van der Waals surface area contributed by atoms with E-state index in [0.29, 0.717) is 18.9 Å². The number of carbonyl (C=O) groups excluding carboxylic acids is 2. The summed E-state index contributed by atoms with van der Waals surface area (Å²) < 4.78 is 10.2. The lowest BCUT2D eigenvalue weighted by atomic mass is 9.49. The first-order valence-corrected chi connectivity index (χ1v) is 11.2. The van der Waals surface area contributed by atoms with Gasteiger partial charge in [-0.25, -0.2) is 0 Å². The molecular formula is C25H36O5. The second-order valence-corrected chi connectivity index (χ2v) is 9.97. The number of carbonyl (C=O) groups is 2. The summed E-state index contributed by atoms with van der Waals surface area (Å²) in [6, 6.07) is 6.60.